The molecule has 0 aliphatic heterocycles. The fourth-order valence-corrected chi connectivity index (χ4v) is 10.00. The summed E-state index contributed by atoms with van der Waals surface area (Å²) >= 11 is 0. The number of Topliss-reactive ketones (excluding diaryl/α,β-unsaturated/α-hetero) is 4. The molecule has 3 aromatic carbocycles. The summed E-state index contributed by atoms with van der Waals surface area (Å²) in [5.74, 6) is -11.7. The van der Waals surface area contributed by atoms with Crippen molar-refractivity contribution in [3.8, 4) is 16.9 Å². The van der Waals surface area contributed by atoms with Crippen LogP contribution in [0.25, 0.3) is 11.1 Å². The Morgan fingerprint density at radius 2 is 1.63 bits per heavy atom. The lowest BCUT2D eigenvalue weighted by atomic mass is 9.53. The number of hydrogen-bond donors (Lipinski definition) is 4. The molecule has 3 aromatic rings. The molecular weight excluding hydrogens is 689 g/mol. The highest BCUT2D eigenvalue weighted by atomic mass is 31.2. The average Bonchev–Trinajstić information content (AvgIpc) is 3.09. The Morgan fingerprint density at radius 3 is 2.21 bits per heavy atom. The minimum atomic E-state index is -3.74. The van der Waals surface area contributed by atoms with E-state index in [1.807, 2.05) is 30.3 Å². The number of para-hydroxylation sites is 1. The fraction of sp³-hybridized carbons (Fsp3) is 0.395. The maximum Gasteiger partial charge on any atom is 0.357 e. The predicted octanol–water partition coefficient (Wildman–Crippen LogP) is 4.44. The van der Waals surface area contributed by atoms with E-state index in [1.54, 1.807) is 63.2 Å². The molecule has 3 aliphatic rings. The number of nitrogens with one attached hydrogen (secondary N) is 1. The number of primary amides is 1. The number of nitrogens with zero attached hydrogens (tertiary/aromatic N) is 1. The number of nitrogens with two attached hydrogens (primary N) is 1. The van der Waals surface area contributed by atoms with Gasteiger partial charge in [-0.25, -0.2) is 0 Å². The van der Waals surface area contributed by atoms with Crippen LogP contribution in [0.5, 0.6) is 5.75 Å². The molecule has 0 bridgehead atoms. The van der Waals surface area contributed by atoms with Crippen molar-refractivity contribution in [3.63, 3.8) is 0 Å². The molecule has 13 nitrogen and oxygen atoms in total. The third kappa shape index (κ3) is 6.05. The molecule has 0 saturated heterocycles. The van der Waals surface area contributed by atoms with Gasteiger partial charge in [-0.15, -0.1) is 0 Å². The highest BCUT2D eigenvalue weighted by molar-refractivity contribution is 7.54. The topological polar surface area (TPSA) is 203 Å². The third-order valence-corrected chi connectivity index (χ3v) is 12.7. The van der Waals surface area contributed by atoms with Crippen molar-refractivity contribution in [2.24, 2.45) is 29.4 Å². The van der Waals surface area contributed by atoms with Crippen LogP contribution in [0.1, 0.15) is 54.0 Å². The SMILES string of the molecule is CCOP(=O)(OCC)C(Nc1ccccc1)c1ccc(-c2cc(N(C)C)c3c(c2O)C(=O)C2C(=O)[C@]4(O)C(=O)C(C(N)=O)C(=O)C[C@@H]4C[C@@H]2C3)cc1. The number of ketones is 4. The molecule has 0 spiro atoms. The molecule has 274 valence electrons. The largest absolute Gasteiger partial charge is 0.507 e. The van der Waals surface area contributed by atoms with Gasteiger partial charge in [0.05, 0.1) is 24.7 Å². The molecule has 52 heavy (non-hydrogen) atoms. The standard InChI is InChI=1S/C38H42N3O10P/c1-5-50-52(49,51-6-2)37(40-24-10-8-7-9-11-24)21-14-12-20(13-15-21)25-19-27(41(3)4)26-17-22-16-23-18-28(42)31(36(39)47)35(46)38(23,48)34(45)29(22)33(44)30(26)32(25)43/h7-15,19,22-23,29,31,37,40,43,48H,5-6,16-18H2,1-4H3,(H2,39,47)/t22-,23+,29?,31?,37?,38+/m1/s1. The van der Waals surface area contributed by atoms with Gasteiger partial charge in [-0.2, -0.15) is 0 Å². The van der Waals surface area contributed by atoms with Crippen LogP contribution < -0.4 is 16.0 Å². The Morgan fingerprint density at radius 1 is 1.00 bits per heavy atom. The molecule has 1 amide bonds. The summed E-state index contributed by atoms with van der Waals surface area (Å²) in [5.41, 5.74) is 5.61. The summed E-state index contributed by atoms with van der Waals surface area (Å²) < 4.78 is 25.5. The Bertz CT molecular complexity index is 1990. The van der Waals surface area contributed by atoms with Gasteiger partial charge in [-0.1, -0.05) is 42.5 Å². The summed E-state index contributed by atoms with van der Waals surface area (Å²) in [6.45, 7) is 3.75. The highest BCUT2D eigenvalue weighted by Gasteiger charge is 2.66. The van der Waals surface area contributed by atoms with Gasteiger partial charge in [0, 0.05) is 43.4 Å². The van der Waals surface area contributed by atoms with E-state index in [9.17, 15) is 38.8 Å². The van der Waals surface area contributed by atoms with Crippen molar-refractivity contribution in [1.82, 2.24) is 0 Å². The molecule has 0 heterocycles. The molecule has 2 saturated carbocycles. The normalized spacial score (nSPS) is 24.8. The van der Waals surface area contributed by atoms with Crippen LogP contribution in [0.15, 0.2) is 60.7 Å². The molecule has 0 aromatic heterocycles. The smallest absolute Gasteiger partial charge is 0.357 e. The lowest BCUT2D eigenvalue weighted by molar-refractivity contribution is -0.175. The van der Waals surface area contributed by atoms with Gasteiger partial charge in [0.2, 0.25) is 5.91 Å². The summed E-state index contributed by atoms with van der Waals surface area (Å²) in [4.78, 5) is 68.2. The number of phenols is 1. The van der Waals surface area contributed by atoms with Crippen LogP contribution in [0, 0.1) is 23.7 Å². The number of amides is 1. The van der Waals surface area contributed by atoms with Crippen LogP contribution in [-0.2, 0) is 39.2 Å². The van der Waals surface area contributed by atoms with Gasteiger partial charge in [-0.05, 0) is 67.5 Å². The van der Waals surface area contributed by atoms with Crippen molar-refractivity contribution in [1.29, 1.82) is 0 Å². The lowest BCUT2D eigenvalue weighted by Crippen LogP contribution is -2.68. The number of phenolic OH excluding ortho intramolecular Hbond substituents is 1. The second-order valence-corrected chi connectivity index (χ2v) is 15.8. The first-order chi connectivity index (χ1) is 24.7. The zero-order valence-corrected chi connectivity index (χ0v) is 30.2. The van der Waals surface area contributed by atoms with Gasteiger partial charge < -0.3 is 35.2 Å². The van der Waals surface area contributed by atoms with E-state index < -0.39 is 78.1 Å². The average molecular weight is 732 g/mol. The van der Waals surface area contributed by atoms with Crippen LogP contribution in [0.3, 0.4) is 0 Å². The van der Waals surface area contributed by atoms with E-state index >= 15 is 0 Å². The zero-order chi connectivity index (χ0) is 37.7. The number of fused-ring (bicyclic) bond motifs is 3. The van der Waals surface area contributed by atoms with E-state index in [0.29, 0.717) is 28.1 Å². The number of carbonyl (C=O) groups excluding carboxylic acids is 5. The first-order valence-electron chi connectivity index (χ1n) is 17.2. The van der Waals surface area contributed by atoms with Gasteiger partial charge in [0.1, 0.15) is 5.75 Å². The number of anilines is 2. The van der Waals surface area contributed by atoms with E-state index in [1.165, 1.54) is 0 Å². The molecular formula is C38H42N3O10P. The second-order valence-electron chi connectivity index (χ2n) is 13.7. The maximum atomic E-state index is 14.3. The van der Waals surface area contributed by atoms with Crippen molar-refractivity contribution >= 4 is 48.0 Å². The summed E-state index contributed by atoms with van der Waals surface area (Å²) in [6.07, 6.45) is -0.245. The first-order valence-corrected chi connectivity index (χ1v) is 18.8. The number of rotatable bonds is 11. The zero-order valence-electron chi connectivity index (χ0n) is 29.3. The third-order valence-electron chi connectivity index (χ3n) is 10.4. The molecule has 6 rings (SSSR count). The van der Waals surface area contributed by atoms with E-state index in [2.05, 4.69) is 5.32 Å². The number of hydrogen-bond acceptors (Lipinski definition) is 12. The quantitative estimate of drug-likeness (QED) is 0.160. The number of benzene rings is 3. The maximum absolute atomic E-state index is 14.3. The van der Waals surface area contributed by atoms with Crippen molar-refractivity contribution in [2.45, 2.75) is 44.5 Å². The minimum Gasteiger partial charge on any atom is -0.507 e. The Kier molecular flexibility index (Phi) is 10.0. The molecule has 0 radical (unpaired) electrons. The van der Waals surface area contributed by atoms with Gasteiger partial charge in [0.15, 0.2) is 40.4 Å². The van der Waals surface area contributed by atoms with E-state index in [-0.39, 0.29) is 42.9 Å². The van der Waals surface area contributed by atoms with Crippen LogP contribution in [-0.4, -0.2) is 72.2 Å². The first kappa shape index (κ1) is 37.1. The van der Waals surface area contributed by atoms with E-state index in [0.717, 1.165) is 0 Å². The lowest BCUT2D eigenvalue weighted by Gasteiger charge is -2.48. The Balaban J connectivity index is 1.41. The number of aromatic hydroxyl groups is 1. The highest BCUT2D eigenvalue weighted by Crippen LogP contribution is 2.61. The summed E-state index contributed by atoms with van der Waals surface area (Å²) in [6, 6.07) is 17.8. The number of aliphatic hydroxyl groups is 1. The number of carbonyl (C=O) groups is 5. The molecule has 14 heteroatoms. The molecule has 3 aliphatic carbocycles. The summed E-state index contributed by atoms with van der Waals surface area (Å²) in [5, 5.41) is 26.7. The Labute approximate surface area is 301 Å². The minimum absolute atomic E-state index is 0.00340. The van der Waals surface area contributed by atoms with E-state index in [4.69, 9.17) is 14.8 Å². The van der Waals surface area contributed by atoms with Crippen LogP contribution in [0.2, 0.25) is 0 Å². The summed E-state index contributed by atoms with van der Waals surface area (Å²) in [7, 11) is -0.184. The van der Waals surface area contributed by atoms with Crippen molar-refractivity contribution < 1.29 is 47.8 Å². The Hall–Kier alpha value is -4.68. The van der Waals surface area contributed by atoms with Crippen LogP contribution in [0.4, 0.5) is 11.4 Å². The molecule has 2 fully saturated rings. The fourth-order valence-electron chi connectivity index (χ4n) is 8.06. The van der Waals surface area contributed by atoms with Crippen LogP contribution >= 0.6 is 7.60 Å². The molecule has 5 N–H and O–H groups in total. The molecule has 3 unspecified atom stereocenters. The predicted molar refractivity (Wildman–Crippen MR) is 192 cm³/mol. The van der Waals surface area contributed by atoms with Crippen molar-refractivity contribution in [2.75, 3.05) is 37.5 Å². The van der Waals surface area contributed by atoms with Crippen molar-refractivity contribution in [3.05, 3.63) is 77.4 Å². The van der Waals surface area contributed by atoms with Gasteiger partial charge in [-0.3, -0.25) is 28.5 Å². The monoisotopic (exact) mass is 731 g/mol. The molecule has 6 atom stereocenters. The van der Waals surface area contributed by atoms with Gasteiger partial charge >= 0.3 is 7.60 Å². The van der Waals surface area contributed by atoms with Gasteiger partial charge in [0.25, 0.3) is 0 Å². The second kappa shape index (κ2) is 14.0.